The Kier molecular flexibility index (Phi) is 3.52. The van der Waals surface area contributed by atoms with Gasteiger partial charge in [-0.25, -0.2) is 0 Å². The highest BCUT2D eigenvalue weighted by molar-refractivity contribution is 5.79. The fourth-order valence-corrected chi connectivity index (χ4v) is 3.27. The molecule has 0 aliphatic carbocycles. The van der Waals surface area contributed by atoms with Gasteiger partial charge < -0.3 is 5.32 Å². The Morgan fingerprint density at radius 2 is 2.16 bits per heavy atom. The number of benzene rings is 1. The molecule has 2 atom stereocenters. The van der Waals surface area contributed by atoms with Gasteiger partial charge in [0.1, 0.15) is 0 Å². The van der Waals surface area contributed by atoms with Crippen LogP contribution in [0.1, 0.15) is 36.9 Å². The topological polar surface area (TPSA) is 24.9 Å². The molecule has 1 aliphatic heterocycles. The highest BCUT2D eigenvalue weighted by Crippen LogP contribution is 2.33. The van der Waals surface area contributed by atoms with Crippen molar-refractivity contribution in [1.82, 2.24) is 10.3 Å². The van der Waals surface area contributed by atoms with Gasteiger partial charge in [-0.3, -0.25) is 4.98 Å². The highest BCUT2D eigenvalue weighted by Gasteiger charge is 2.24. The number of rotatable bonds is 2. The first-order valence-electron chi connectivity index (χ1n) is 7.36. The molecule has 0 radical (unpaired) electrons. The summed E-state index contributed by atoms with van der Waals surface area (Å²) < 4.78 is 0. The van der Waals surface area contributed by atoms with E-state index < -0.39 is 0 Å². The molecule has 1 aromatic carbocycles. The van der Waals surface area contributed by atoms with Crippen LogP contribution < -0.4 is 5.32 Å². The number of aryl methyl sites for hydroxylation is 1. The number of nitrogens with zero attached hydrogens (tertiary/aromatic N) is 1. The van der Waals surface area contributed by atoms with Crippen LogP contribution in [0.5, 0.6) is 0 Å². The molecule has 0 saturated carbocycles. The van der Waals surface area contributed by atoms with Crippen LogP contribution in [0, 0.1) is 12.8 Å². The minimum atomic E-state index is 0.706. The number of fused-ring (bicyclic) bond motifs is 1. The van der Waals surface area contributed by atoms with Gasteiger partial charge in [-0.05, 0) is 62.0 Å². The van der Waals surface area contributed by atoms with Crippen LogP contribution in [-0.4, -0.2) is 18.1 Å². The van der Waals surface area contributed by atoms with Gasteiger partial charge in [0, 0.05) is 11.1 Å². The summed E-state index contributed by atoms with van der Waals surface area (Å²) >= 11 is 0. The number of hydrogen-bond donors (Lipinski definition) is 1. The normalized spacial score (nSPS) is 23.7. The predicted molar refractivity (Wildman–Crippen MR) is 80.5 cm³/mol. The number of nitrogens with one attached hydrogen (secondary N) is 1. The Morgan fingerprint density at radius 3 is 3.00 bits per heavy atom. The SMILES string of the molecule is CCC1CNCCC1c1ccc2nc(C)ccc2c1. The first kappa shape index (κ1) is 12.6. The molecular formula is C17H22N2. The van der Waals surface area contributed by atoms with Gasteiger partial charge in [0.25, 0.3) is 0 Å². The molecule has 1 saturated heterocycles. The quantitative estimate of drug-likeness (QED) is 0.885. The second-order valence-corrected chi connectivity index (χ2v) is 5.67. The van der Waals surface area contributed by atoms with E-state index in [4.69, 9.17) is 0 Å². The van der Waals surface area contributed by atoms with Gasteiger partial charge >= 0.3 is 0 Å². The van der Waals surface area contributed by atoms with Crippen molar-refractivity contribution in [2.75, 3.05) is 13.1 Å². The average Bonchev–Trinajstić information content (AvgIpc) is 2.46. The number of hydrogen-bond acceptors (Lipinski definition) is 2. The number of piperidine rings is 1. The Balaban J connectivity index is 1.97. The van der Waals surface area contributed by atoms with E-state index in [-0.39, 0.29) is 0 Å². The Hall–Kier alpha value is -1.41. The maximum Gasteiger partial charge on any atom is 0.0705 e. The molecule has 0 spiro atoms. The minimum absolute atomic E-state index is 0.706. The van der Waals surface area contributed by atoms with Gasteiger partial charge in [0.15, 0.2) is 0 Å². The zero-order valence-corrected chi connectivity index (χ0v) is 11.8. The van der Waals surface area contributed by atoms with Crippen molar-refractivity contribution in [2.45, 2.75) is 32.6 Å². The fourth-order valence-electron chi connectivity index (χ4n) is 3.27. The molecule has 1 fully saturated rings. The molecule has 1 aliphatic rings. The van der Waals surface area contributed by atoms with Crippen molar-refractivity contribution >= 4 is 10.9 Å². The van der Waals surface area contributed by atoms with Crippen molar-refractivity contribution in [3.8, 4) is 0 Å². The smallest absolute Gasteiger partial charge is 0.0705 e. The van der Waals surface area contributed by atoms with Gasteiger partial charge in [0.2, 0.25) is 0 Å². The summed E-state index contributed by atoms with van der Waals surface area (Å²) in [6.07, 6.45) is 2.51. The summed E-state index contributed by atoms with van der Waals surface area (Å²) in [7, 11) is 0. The fraction of sp³-hybridized carbons (Fsp3) is 0.471. The summed E-state index contributed by atoms with van der Waals surface area (Å²) in [6.45, 7) is 6.65. The Morgan fingerprint density at radius 1 is 1.26 bits per heavy atom. The van der Waals surface area contributed by atoms with Crippen LogP contribution in [0.4, 0.5) is 0 Å². The van der Waals surface area contributed by atoms with Crippen molar-refractivity contribution < 1.29 is 0 Å². The van der Waals surface area contributed by atoms with Crippen molar-refractivity contribution in [3.05, 3.63) is 41.6 Å². The monoisotopic (exact) mass is 254 g/mol. The Labute approximate surface area is 115 Å². The second-order valence-electron chi connectivity index (χ2n) is 5.67. The third-order valence-corrected chi connectivity index (χ3v) is 4.41. The maximum atomic E-state index is 4.59. The molecule has 0 bridgehead atoms. The first-order valence-corrected chi connectivity index (χ1v) is 7.36. The van der Waals surface area contributed by atoms with Gasteiger partial charge in [-0.1, -0.05) is 25.5 Å². The third-order valence-electron chi connectivity index (χ3n) is 4.41. The molecule has 2 aromatic rings. The molecule has 2 heterocycles. The zero-order valence-electron chi connectivity index (χ0n) is 11.8. The predicted octanol–water partition coefficient (Wildman–Crippen LogP) is 3.65. The van der Waals surface area contributed by atoms with E-state index in [0.29, 0.717) is 5.92 Å². The van der Waals surface area contributed by atoms with E-state index in [2.05, 4.69) is 47.6 Å². The largest absolute Gasteiger partial charge is 0.316 e. The van der Waals surface area contributed by atoms with Gasteiger partial charge in [-0.2, -0.15) is 0 Å². The molecule has 19 heavy (non-hydrogen) atoms. The van der Waals surface area contributed by atoms with Gasteiger partial charge in [0.05, 0.1) is 5.52 Å². The van der Waals surface area contributed by atoms with Crippen LogP contribution in [0.15, 0.2) is 30.3 Å². The van der Waals surface area contributed by atoms with E-state index in [9.17, 15) is 0 Å². The average molecular weight is 254 g/mol. The Bertz CT molecular complexity index is 576. The van der Waals surface area contributed by atoms with Crippen LogP contribution in [0.3, 0.4) is 0 Å². The molecule has 2 nitrogen and oxygen atoms in total. The second kappa shape index (κ2) is 5.30. The standard InChI is InChI=1S/C17H22N2/c1-3-13-11-18-9-8-16(13)14-6-7-17-15(10-14)5-4-12(2)19-17/h4-7,10,13,16,18H,3,8-9,11H2,1-2H3. The summed E-state index contributed by atoms with van der Waals surface area (Å²) in [5.74, 6) is 1.47. The molecule has 100 valence electrons. The molecule has 2 heteroatoms. The van der Waals surface area contributed by atoms with Crippen LogP contribution in [-0.2, 0) is 0 Å². The van der Waals surface area contributed by atoms with E-state index in [1.165, 1.54) is 23.8 Å². The molecule has 1 aromatic heterocycles. The lowest BCUT2D eigenvalue weighted by Gasteiger charge is -2.32. The van der Waals surface area contributed by atoms with E-state index >= 15 is 0 Å². The summed E-state index contributed by atoms with van der Waals surface area (Å²) in [5, 5.41) is 4.79. The number of aromatic nitrogens is 1. The molecular weight excluding hydrogens is 232 g/mol. The van der Waals surface area contributed by atoms with E-state index in [1.807, 2.05) is 6.92 Å². The molecule has 1 N–H and O–H groups in total. The lowest BCUT2D eigenvalue weighted by Crippen LogP contribution is -2.35. The van der Waals surface area contributed by atoms with E-state index in [1.54, 1.807) is 0 Å². The first-order chi connectivity index (χ1) is 9.28. The van der Waals surface area contributed by atoms with Crippen LogP contribution >= 0.6 is 0 Å². The van der Waals surface area contributed by atoms with Gasteiger partial charge in [-0.15, -0.1) is 0 Å². The summed E-state index contributed by atoms with van der Waals surface area (Å²) in [5.41, 5.74) is 3.70. The lowest BCUT2D eigenvalue weighted by molar-refractivity contribution is 0.318. The molecule has 2 unspecified atom stereocenters. The lowest BCUT2D eigenvalue weighted by atomic mass is 9.79. The van der Waals surface area contributed by atoms with Crippen LogP contribution in [0.2, 0.25) is 0 Å². The molecule has 3 rings (SSSR count). The summed E-state index contributed by atoms with van der Waals surface area (Å²) in [4.78, 5) is 4.59. The zero-order chi connectivity index (χ0) is 13.2. The molecule has 0 amide bonds. The van der Waals surface area contributed by atoms with Crippen molar-refractivity contribution in [2.24, 2.45) is 5.92 Å². The number of pyridine rings is 1. The maximum absolute atomic E-state index is 4.59. The van der Waals surface area contributed by atoms with E-state index in [0.717, 1.165) is 30.2 Å². The highest BCUT2D eigenvalue weighted by atomic mass is 14.9. The van der Waals surface area contributed by atoms with Crippen molar-refractivity contribution in [1.29, 1.82) is 0 Å². The van der Waals surface area contributed by atoms with Crippen LogP contribution in [0.25, 0.3) is 10.9 Å². The third kappa shape index (κ3) is 2.50. The summed E-state index contributed by atoms with van der Waals surface area (Å²) in [6, 6.07) is 11.1. The minimum Gasteiger partial charge on any atom is -0.316 e. The van der Waals surface area contributed by atoms with Crippen molar-refractivity contribution in [3.63, 3.8) is 0 Å².